The van der Waals surface area contributed by atoms with Gasteiger partial charge in [-0.2, -0.15) is 13.5 Å². The lowest BCUT2D eigenvalue weighted by Crippen LogP contribution is -2.18. The van der Waals surface area contributed by atoms with E-state index in [2.05, 4.69) is 9.93 Å². The van der Waals surface area contributed by atoms with E-state index in [4.69, 9.17) is 27.9 Å². The van der Waals surface area contributed by atoms with Gasteiger partial charge in [0.15, 0.2) is 0 Å². The first-order valence-corrected chi connectivity index (χ1v) is 8.89. The molecule has 2 aromatic rings. The molecule has 122 valence electrons. The lowest BCUT2D eigenvalue weighted by molar-refractivity contribution is 0.340. The topological polar surface area (TPSA) is 67.8 Å². The van der Waals surface area contributed by atoms with Crippen molar-refractivity contribution in [2.45, 2.75) is 11.8 Å². The molecule has 23 heavy (non-hydrogen) atoms. The number of halogens is 2. The fourth-order valence-corrected chi connectivity index (χ4v) is 2.87. The molecule has 0 aliphatic heterocycles. The highest BCUT2D eigenvalue weighted by atomic mass is 35.5. The molecule has 0 spiro atoms. The number of ether oxygens (including phenoxy) is 1. The van der Waals surface area contributed by atoms with Gasteiger partial charge in [0.2, 0.25) is 0 Å². The van der Waals surface area contributed by atoms with E-state index < -0.39 is 10.0 Å². The average molecular weight is 373 g/mol. The smallest absolute Gasteiger partial charge is 0.276 e. The van der Waals surface area contributed by atoms with Gasteiger partial charge in [0.1, 0.15) is 5.75 Å². The van der Waals surface area contributed by atoms with Crippen LogP contribution in [0.1, 0.15) is 12.5 Å². The second-order valence-corrected chi connectivity index (χ2v) is 6.93. The van der Waals surface area contributed by atoms with Gasteiger partial charge in [0.25, 0.3) is 10.0 Å². The van der Waals surface area contributed by atoms with Gasteiger partial charge in [0.05, 0.1) is 22.7 Å². The van der Waals surface area contributed by atoms with E-state index in [-0.39, 0.29) is 4.90 Å². The van der Waals surface area contributed by atoms with Crippen LogP contribution in [0, 0.1) is 0 Å². The van der Waals surface area contributed by atoms with Crippen LogP contribution >= 0.6 is 23.2 Å². The molecule has 0 saturated carbocycles. The van der Waals surface area contributed by atoms with Gasteiger partial charge in [-0.15, -0.1) is 0 Å². The fraction of sp³-hybridized carbons (Fsp3) is 0.133. The summed E-state index contributed by atoms with van der Waals surface area (Å²) in [5, 5.41) is 4.62. The standard InChI is InChI=1S/C15H14Cl2N2O3S/c1-2-22-15-8-3-11(9-14(15)17)10-18-19-23(20,21)13-6-4-12(16)5-7-13/h3-10,19H,2H2,1H3/b18-10+. The lowest BCUT2D eigenvalue weighted by Gasteiger charge is -2.06. The summed E-state index contributed by atoms with van der Waals surface area (Å²) in [6.07, 6.45) is 1.36. The van der Waals surface area contributed by atoms with E-state index in [1.54, 1.807) is 18.2 Å². The van der Waals surface area contributed by atoms with Gasteiger partial charge in [-0.1, -0.05) is 23.2 Å². The Hall–Kier alpha value is -1.76. The molecule has 0 atom stereocenters. The maximum absolute atomic E-state index is 12.0. The van der Waals surface area contributed by atoms with Gasteiger partial charge in [-0.05, 0) is 55.0 Å². The van der Waals surface area contributed by atoms with Crippen LogP contribution in [-0.4, -0.2) is 21.2 Å². The Bertz CT molecular complexity index is 806. The number of hydrazone groups is 1. The molecule has 1 N–H and O–H groups in total. The largest absolute Gasteiger partial charge is 0.492 e. The molecule has 2 aromatic carbocycles. The number of hydrogen-bond acceptors (Lipinski definition) is 4. The summed E-state index contributed by atoms with van der Waals surface area (Å²) in [6, 6.07) is 10.8. The molecule has 0 bridgehead atoms. The Labute approximate surface area is 144 Å². The molecule has 0 unspecified atom stereocenters. The average Bonchev–Trinajstić information content (AvgIpc) is 2.50. The van der Waals surface area contributed by atoms with Crippen LogP contribution < -0.4 is 9.57 Å². The van der Waals surface area contributed by atoms with Crippen molar-refractivity contribution < 1.29 is 13.2 Å². The van der Waals surface area contributed by atoms with Crippen LogP contribution in [0.4, 0.5) is 0 Å². The normalized spacial score (nSPS) is 11.6. The zero-order chi connectivity index (χ0) is 16.9. The highest BCUT2D eigenvalue weighted by Gasteiger charge is 2.12. The van der Waals surface area contributed by atoms with Gasteiger partial charge in [-0.3, -0.25) is 0 Å². The highest BCUT2D eigenvalue weighted by molar-refractivity contribution is 7.89. The van der Waals surface area contributed by atoms with Crippen LogP contribution in [0.2, 0.25) is 10.0 Å². The first kappa shape index (κ1) is 17.6. The van der Waals surface area contributed by atoms with Crippen LogP contribution in [0.15, 0.2) is 52.5 Å². The number of rotatable bonds is 6. The monoisotopic (exact) mass is 372 g/mol. The zero-order valence-electron chi connectivity index (χ0n) is 12.2. The minimum atomic E-state index is -3.74. The van der Waals surface area contributed by atoms with Crippen molar-refractivity contribution in [3.05, 3.63) is 58.1 Å². The Kier molecular flexibility index (Phi) is 5.87. The van der Waals surface area contributed by atoms with Crippen LogP contribution in [0.5, 0.6) is 5.75 Å². The summed E-state index contributed by atoms with van der Waals surface area (Å²) in [6.45, 7) is 2.37. The third-order valence-corrected chi connectivity index (χ3v) is 4.55. The maximum atomic E-state index is 12.0. The Morgan fingerprint density at radius 2 is 1.87 bits per heavy atom. The Balaban J connectivity index is 2.09. The van der Waals surface area contributed by atoms with E-state index in [0.717, 1.165) is 0 Å². The van der Waals surface area contributed by atoms with Crippen molar-refractivity contribution in [2.75, 3.05) is 6.61 Å². The Morgan fingerprint density at radius 3 is 2.48 bits per heavy atom. The summed E-state index contributed by atoms with van der Waals surface area (Å²) in [7, 11) is -3.74. The second-order valence-electron chi connectivity index (χ2n) is 4.43. The number of sulfonamides is 1. The SMILES string of the molecule is CCOc1ccc(/C=N/NS(=O)(=O)c2ccc(Cl)cc2)cc1Cl. The molecule has 0 fully saturated rings. The van der Waals surface area contributed by atoms with Crippen molar-refractivity contribution in [3.63, 3.8) is 0 Å². The van der Waals surface area contributed by atoms with E-state index in [0.29, 0.717) is 28.0 Å². The maximum Gasteiger partial charge on any atom is 0.276 e. The van der Waals surface area contributed by atoms with Crippen molar-refractivity contribution in [2.24, 2.45) is 5.10 Å². The summed E-state index contributed by atoms with van der Waals surface area (Å²) in [5.41, 5.74) is 0.636. The summed E-state index contributed by atoms with van der Waals surface area (Å²) < 4.78 is 29.4. The zero-order valence-corrected chi connectivity index (χ0v) is 14.5. The molecule has 0 amide bonds. The number of benzene rings is 2. The molecule has 8 heteroatoms. The molecule has 2 rings (SSSR count). The van der Waals surface area contributed by atoms with E-state index in [1.165, 1.54) is 30.5 Å². The van der Waals surface area contributed by atoms with Gasteiger partial charge in [0, 0.05) is 5.02 Å². The molecule has 0 saturated heterocycles. The van der Waals surface area contributed by atoms with E-state index >= 15 is 0 Å². The lowest BCUT2D eigenvalue weighted by atomic mass is 10.2. The molecule has 0 heterocycles. The predicted octanol–water partition coefficient (Wildman–Crippen LogP) is 3.70. The second kappa shape index (κ2) is 7.68. The minimum absolute atomic E-state index is 0.0729. The van der Waals surface area contributed by atoms with Gasteiger partial charge < -0.3 is 4.74 Å². The molecule has 5 nitrogen and oxygen atoms in total. The minimum Gasteiger partial charge on any atom is -0.492 e. The van der Waals surface area contributed by atoms with Crippen molar-refractivity contribution in [1.82, 2.24) is 4.83 Å². The van der Waals surface area contributed by atoms with E-state index in [1.807, 2.05) is 6.92 Å². The quantitative estimate of drug-likeness (QED) is 0.620. The molecule has 0 aliphatic rings. The number of nitrogens with zero attached hydrogens (tertiary/aromatic N) is 1. The highest BCUT2D eigenvalue weighted by Crippen LogP contribution is 2.24. The molecule has 0 aromatic heterocycles. The van der Waals surface area contributed by atoms with Crippen molar-refractivity contribution in [1.29, 1.82) is 0 Å². The van der Waals surface area contributed by atoms with Crippen LogP contribution in [-0.2, 0) is 10.0 Å². The van der Waals surface area contributed by atoms with E-state index in [9.17, 15) is 8.42 Å². The Morgan fingerprint density at radius 1 is 1.17 bits per heavy atom. The molecular weight excluding hydrogens is 359 g/mol. The van der Waals surface area contributed by atoms with Crippen LogP contribution in [0.25, 0.3) is 0 Å². The molecule has 0 radical (unpaired) electrons. The third kappa shape index (κ3) is 4.86. The fourth-order valence-electron chi connectivity index (χ4n) is 1.71. The molecular formula is C15H14Cl2N2O3S. The summed E-state index contributed by atoms with van der Waals surface area (Å²) >= 11 is 11.8. The number of hydrogen-bond donors (Lipinski definition) is 1. The third-order valence-electron chi connectivity index (χ3n) is 2.77. The molecule has 0 aliphatic carbocycles. The van der Waals surface area contributed by atoms with Gasteiger partial charge >= 0.3 is 0 Å². The summed E-state index contributed by atoms with van der Waals surface area (Å²) in [4.78, 5) is 2.20. The van der Waals surface area contributed by atoms with Crippen molar-refractivity contribution >= 4 is 39.4 Å². The number of nitrogens with one attached hydrogen (secondary N) is 1. The van der Waals surface area contributed by atoms with Gasteiger partial charge in [-0.25, -0.2) is 4.83 Å². The summed E-state index contributed by atoms with van der Waals surface area (Å²) in [5.74, 6) is 0.563. The van der Waals surface area contributed by atoms with Crippen LogP contribution in [0.3, 0.4) is 0 Å². The first-order chi connectivity index (χ1) is 10.9. The van der Waals surface area contributed by atoms with Crippen molar-refractivity contribution in [3.8, 4) is 5.75 Å². The first-order valence-electron chi connectivity index (χ1n) is 6.65. The predicted molar refractivity (Wildman–Crippen MR) is 92.0 cm³/mol.